The molecular formula is C36H76O2SiSn2. The molecular weight excluding hydrogens is 730 g/mol. The van der Waals surface area contributed by atoms with Crippen LogP contribution < -0.4 is 0 Å². The van der Waals surface area contributed by atoms with Crippen LogP contribution in [0, 0.1) is 0 Å². The molecule has 0 bridgehead atoms. The Kier molecular flexibility index (Phi) is 23.3. The number of aliphatic hydroxyl groups is 1. The molecule has 0 aliphatic rings. The SMILES string of the molecule is CCC[CH2][Sn](/[CH]=C/[C@@H](O)[C@H](/C=[CH]/[Sn]([CH2]CCC)([CH2]CCC)[CH2]CCC)O[Si](C)(C)C(C)(C)C)([CH2]CCC)[CH2]CCC. The topological polar surface area (TPSA) is 29.5 Å². The van der Waals surface area contributed by atoms with Crippen LogP contribution in [0.2, 0.25) is 44.8 Å². The maximum atomic E-state index is 11.9. The van der Waals surface area contributed by atoms with Gasteiger partial charge in [0.25, 0.3) is 0 Å². The molecule has 0 aromatic carbocycles. The van der Waals surface area contributed by atoms with Crippen molar-refractivity contribution in [2.75, 3.05) is 0 Å². The van der Waals surface area contributed by atoms with E-state index in [1.165, 1.54) is 104 Å². The second-order valence-electron chi connectivity index (χ2n) is 14.9. The molecule has 0 aliphatic heterocycles. The van der Waals surface area contributed by atoms with Crippen LogP contribution in [0.1, 0.15) is 139 Å². The summed E-state index contributed by atoms with van der Waals surface area (Å²) < 4.78 is 21.2. The van der Waals surface area contributed by atoms with Gasteiger partial charge < -0.3 is 0 Å². The summed E-state index contributed by atoms with van der Waals surface area (Å²) in [6.45, 7) is 25.8. The summed E-state index contributed by atoms with van der Waals surface area (Å²) >= 11 is -4.97. The van der Waals surface area contributed by atoms with Crippen molar-refractivity contribution >= 4 is 45.1 Å². The van der Waals surface area contributed by atoms with Crippen molar-refractivity contribution in [3.8, 4) is 0 Å². The van der Waals surface area contributed by atoms with E-state index in [0.717, 1.165) is 0 Å². The quantitative estimate of drug-likeness (QED) is 0.0932. The van der Waals surface area contributed by atoms with Gasteiger partial charge in [-0.2, -0.15) is 0 Å². The third-order valence-electron chi connectivity index (χ3n) is 10.0. The molecule has 0 saturated carbocycles. The number of hydrogen-bond acceptors (Lipinski definition) is 2. The number of aliphatic hydroxyl groups excluding tert-OH is 1. The van der Waals surface area contributed by atoms with Crippen LogP contribution in [-0.4, -0.2) is 62.4 Å². The molecule has 2 nitrogen and oxygen atoms in total. The molecule has 2 atom stereocenters. The molecule has 1 N–H and O–H groups in total. The predicted molar refractivity (Wildman–Crippen MR) is 196 cm³/mol. The normalized spacial score (nSPS) is 15.3. The van der Waals surface area contributed by atoms with Crippen molar-refractivity contribution in [1.82, 2.24) is 0 Å². The summed E-state index contributed by atoms with van der Waals surface area (Å²) in [4.78, 5) is 0. The van der Waals surface area contributed by atoms with Crippen LogP contribution in [0.25, 0.3) is 0 Å². The average Bonchev–Trinajstić information content (AvgIpc) is 2.94. The van der Waals surface area contributed by atoms with Crippen molar-refractivity contribution in [2.45, 2.75) is 196 Å². The zero-order valence-corrected chi connectivity index (χ0v) is 36.8. The Hall–Kier alpha value is 1.21. The number of unbranched alkanes of at least 4 members (excludes halogenated alkanes) is 6. The van der Waals surface area contributed by atoms with Crippen molar-refractivity contribution in [3.63, 3.8) is 0 Å². The molecule has 41 heavy (non-hydrogen) atoms. The van der Waals surface area contributed by atoms with Crippen molar-refractivity contribution in [1.29, 1.82) is 0 Å². The van der Waals surface area contributed by atoms with Crippen LogP contribution in [-0.2, 0) is 4.43 Å². The minimum absolute atomic E-state index is 0.127. The molecule has 0 rings (SSSR count). The molecule has 0 spiro atoms. The van der Waals surface area contributed by atoms with Gasteiger partial charge in [0.05, 0.1) is 0 Å². The minimum atomic E-state index is -2.49. The Bertz CT molecular complexity index is 655. The van der Waals surface area contributed by atoms with Gasteiger partial charge >= 0.3 is 271 Å². The Labute approximate surface area is 269 Å². The van der Waals surface area contributed by atoms with Gasteiger partial charge in [0.2, 0.25) is 0 Å². The molecule has 0 aliphatic carbocycles. The first-order valence-corrected chi connectivity index (χ1v) is 36.4. The fourth-order valence-corrected chi connectivity index (χ4v) is 35.8. The van der Waals surface area contributed by atoms with E-state index >= 15 is 0 Å². The zero-order chi connectivity index (χ0) is 31.4. The van der Waals surface area contributed by atoms with E-state index in [-0.39, 0.29) is 11.1 Å². The third-order valence-corrected chi connectivity index (χ3v) is 42.7. The van der Waals surface area contributed by atoms with Crippen LogP contribution in [0.3, 0.4) is 0 Å². The Morgan fingerprint density at radius 3 is 1.15 bits per heavy atom. The van der Waals surface area contributed by atoms with Gasteiger partial charge in [0.1, 0.15) is 0 Å². The van der Waals surface area contributed by atoms with Gasteiger partial charge in [-0.1, -0.05) is 0 Å². The van der Waals surface area contributed by atoms with Crippen LogP contribution in [0.4, 0.5) is 0 Å². The molecule has 0 fully saturated rings. The maximum absolute atomic E-state index is 11.9. The summed E-state index contributed by atoms with van der Waals surface area (Å²) in [5, 5.41) is 12.0. The van der Waals surface area contributed by atoms with Gasteiger partial charge in [-0.3, -0.25) is 0 Å². The van der Waals surface area contributed by atoms with E-state index < -0.39 is 51.2 Å². The van der Waals surface area contributed by atoms with E-state index in [9.17, 15) is 5.11 Å². The molecule has 0 aromatic rings. The first kappa shape index (κ1) is 42.2. The summed E-state index contributed by atoms with van der Waals surface area (Å²) in [5.74, 6) is 0. The molecule has 0 amide bonds. The summed E-state index contributed by atoms with van der Waals surface area (Å²) in [5.41, 5.74) is 0. The first-order chi connectivity index (χ1) is 19.3. The number of hydrogen-bond donors (Lipinski definition) is 1. The fraction of sp³-hybridized carbons (Fsp3) is 0.889. The van der Waals surface area contributed by atoms with E-state index in [0.29, 0.717) is 0 Å². The Morgan fingerprint density at radius 2 is 0.878 bits per heavy atom. The monoisotopic (exact) mass is 808 g/mol. The standard InChI is InChI=1S/C12H22O2Si.6C4H9.2Sn/c1-8-10(13)11(9-2)14-15(6,7)12(3,4)5;6*1-3-4-2;;/h1-2,8-11,13H,3-7H3;6*1,3-4H2,2H3;;/t10-,11+;;;;;;;;/m1......../s1. The van der Waals surface area contributed by atoms with Crippen molar-refractivity contribution < 1.29 is 9.53 Å². The molecule has 0 unspecified atom stereocenters. The zero-order valence-electron chi connectivity index (χ0n) is 30.0. The fourth-order valence-electron chi connectivity index (χ4n) is 5.87. The summed E-state index contributed by atoms with van der Waals surface area (Å²) in [6, 6.07) is 0. The van der Waals surface area contributed by atoms with E-state index in [1.54, 1.807) is 0 Å². The molecule has 0 radical (unpaired) electrons. The van der Waals surface area contributed by atoms with Gasteiger partial charge in [-0.15, -0.1) is 0 Å². The second kappa shape index (κ2) is 22.7. The predicted octanol–water partition coefficient (Wildman–Crippen LogP) is 12.6. The van der Waals surface area contributed by atoms with Crippen molar-refractivity contribution in [2.24, 2.45) is 0 Å². The van der Waals surface area contributed by atoms with Crippen LogP contribution >= 0.6 is 0 Å². The third kappa shape index (κ3) is 16.9. The molecule has 5 heteroatoms. The number of rotatable bonds is 25. The summed E-state index contributed by atoms with van der Waals surface area (Å²) in [7, 11) is -2.05. The molecule has 0 aromatic heterocycles. The first-order valence-electron chi connectivity index (χ1n) is 18.1. The molecule has 244 valence electrons. The van der Waals surface area contributed by atoms with Gasteiger partial charge in [-0.05, 0) is 0 Å². The van der Waals surface area contributed by atoms with Crippen molar-refractivity contribution in [3.05, 3.63) is 20.3 Å². The van der Waals surface area contributed by atoms with E-state index in [1.807, 2.05) is 0 Å². The van der Waals surface area contributed by atoms with E-state index in [2.05, 4.69) is 95.7 Å². The second-order valence-corrected chi connectivity index (χ2v) is 45.7. The molecule has 0 heterocycles. The summed E-state index contributed by atoms with van der Waals surface area (Å²) in [6.07, 6.45) is 19.9. The molecule has 0 saturated heterocycles. The Morgan fingerprint density at radius 1 is 0.585 bits per heavy atom. The van der Waals surface area contributed by atoms with Gasteiger partial charge in [0, 0.05) is 0 Å². The van der Waals surface area contributed by atoms with Gasteiger partial charge in [-0.25, -0.2) is 0 Å². The van der Waals surface area contributed by atoms with Crippen LogP contribution in [0.15, 0.2) is 20.3 Å². The van der Waals surface area contributed by atoms with Gasteiger partial charge in [0.15, 0.2) is 0 Å². The Balaban J connectivity index is 6.58. The van der Waals surface area contributed by atoms with Crippen LogP contribution in [0.5, 0.6) is 0 Å². The average molecular weight is 807 g/mol. The van der Waals surface area contributed by atoms with E-state index in [4.69, 9.17) is 4.43 Å².